The Labute approximate surface area is 193 Å². The maximum absolute atomic E-state index is 12.8. The second-order valence-corrected chi connectivity index (χ2v) is 9.70. The molecule has 0 aliphatic carbocycles. The fourth-order valence-corrected chi connectivity index (χ4v) is 5.29. The van der Waals surface area contributed by atoms with Crippen molar-refractivity contribution in [3.05, 3.63) is 47.5 Å². The Balaban J connectivity index is 1.73. The van der Waals surface area contributed by atoms with Crippen LogP contribution in [0.25, 0.3) is 0 Å². The molecule has 1 saturated heterocycles. The van der Waals surface area contributed by atoms with E-state index < -0.39 is 15.9 Å². The molecular weight excluding hydrogens is 454 g/mol. The van der Waals surface area contributed by atoms with Crippen molar-refractivity contribution < 1.29 is 22.7 Å². The number of ether oxygens (including phenoxy) is 1. The highest BCUT2D eigenvalue weighted by atomic mass is 35.5. The van der Waals surface area contributed by atoms with Crippen LogP contribution in [-0.2, 0) is 19.6 Å². The maximum Gasteiger partial charge on any atom is 0.243 e. The molecule has 1 aliphatic rings. The molecule has 1 aliphatic heterocycles. The summed E-state index contributed by atoms with van der Waals surface area (Å²) >= 11 is 6.01. The molecule has 0 saturated carbocycles. The molecule has 8 nitrogen and oxygen atoms in total. The van der Waals surface area contributed by atoms with Crippen LogP contribution < -0.4 is 15.0 Å². The summed E-state index contributed by atoms with van der Waals surface area (Å²) in [6, 6.07) is 11.0. The van der Waals surface area contributed by atoms with Gasteiger partial charge in [0.25, 0.3) is 0 Å². The Hall–Kier alpha value is -2.62. The van der Waals surface area contributed by atoms with Gasteiger partial charge in [-0.25, -0.2) is 8.42 Å². The first-order valence-electron chi connectivity index (χ1n) is 10.3. The first-order chi connectivity index (χ1) is 15.2. The minimum atomic E-state index is -3.58. The van der Waals surface area contributed by atoms with Crippen LogP contribution in [0.1, 0.15) is 20.3 Å². The lowest BCUT2D eigenvalue weighted by molar-refractivity contribution is -0.122. The lowest BCUT2D eigenvalue weighted by Gasteiger charge is -2.20. The summed E-state index contributed by atoms with van der Waals surface area (Å²) in [5.41, 5.74) is 0.978. The standard InChI is InChI=1S/C22H26ClN3O5S/c1-4-25(5-2)32(29,30)18-9-7-17(8-10-18)26-14-15(12-21(26)27)22(28)24-19-13-16(23)6-11-20(19)31-3/h6-11,13,15H,4-5,12,14H2,1-3H3,(H,24,28)/t15-/m0/s1. The Kier molecular flexibility index (Phi) is 7.43. The molecule has 0 unspecified atom stereocenters. The number of hydrogen-bond donors (Lipinski definition) is 1. The predicted molar refractivity (Wildman–Crippen MR) is 124 cm³/mol. The second kappa shape index (κ2) is 9.89. The lowest BCUT2D eigenvalue weighted by atomic mass is 10.1. The maximum atomic E-state index is 12.8. The fraction of sp³-hybridized carbons (Fsp3) is 0.364. The van der Waals surface area contributed by atoms with Gasteiger partial charge in [0.15, 0.2) is 0 Å². The number of carbonyl (C=O) groups is 2. The van der Waals surface area contributed by atoms with Gasteiger partial charge < -0.3 is 15.0 Å². The Morgan fingerprint density at radius 2 is 1.84 bits per heavy atom. The van der Waals surface area contributed by atoms with Crippen molar-refractivity contribution in [2.75, 3.05) is 37.0 Å². The van der Waals surface area contributed by atoms with Crippen LogP contribution in [0.5, 0.6) is 5.75 Å². The van der Waals surface area contributed by atoms with E-state index in [1.165, 1.54) is 28.4 Å². The topological polar surface area (TPSA) is 96.0 Å². The van der Waals surface area contributed by atoms with Crippen molar-refractivity contribution >= 4 is 44.8 Å². The SMILES string of the molecule is CCN(CC)S(=O)(=O)c1ccc(N2C[C@@H](C(=O)Nc3cc(Cl)ccc3OC)CC2=O)cc1. The number of rotatable bonds is 8. The Bertz CT molecular complexity index is 1100. The van der Waals surface area contributed by atoms with E-state index in [2.05, 4.69) is 5.32 Å². The second-order valence-electron chi connectivity index (χ2n) is 7.32. The van der Waals surface area contributed by atoms with Gasteiger partial charge in [-0.1, -0.05) is 25.4 Å². The third-order valence-corrected chi connectivity index (χ3v) is 7.71. The number of carbonyl (C=O) groups excluding carboxylic acids is 2. The zero-order chi connectivity index (χ0) is 23.5. The summed E-state index contributed by atoms with van der Waals surface area (Å²) in [4.78, 5) is 27.0. The van der Waals surface area contributed by atoms with E-state index in [1.54, 1.807) is 44.2 Å². The van der Waals surface area contributed by atoms with Crippen molar-refractivity contribution in [2.45, 2.75) is 25.2 Å². The number of sulfonamides is 1. The molecule has 0 spiro atoms. The van der Waals surface area contributed by atoms with E-state index in [-0.39, 0.29) is 29.7 Å². The van der Waals surface area contributed by atoms with E-state index in [9.17, 15) is 18.0 Å². The molecular formula is C22H26ClN3O5S. The zero-order valence-corrected chi connectivity index (χ0v) is 19.7. The number of anilines is 2. The van der Waals surface area contributed by atoms with E-state index in [1.807, 2.05) is 0 Å². The number of amides is 2. The van der Waals surface area contributed by atoms with Crippen molar-refractivity contribution in [3.8, 4) is 5.75 Å². The molecule has 1 atom stereocenters. The highest BCUT2D eigenvalue weighted by Gasteiger charge is 2.35. The molecule has 10 heteroatoms. The lowest BCUT2D eigenvalue weighted by Crippen LogP contribution is -2.31. The first-order valence-corrected chi connectivity index (χ1v) is 12.1. The van der Waals surface area contributed by atoms with E-state index >= 15 is 0 Å². The van der Waals surface area contributed by atoms with Gasteiger partial charge in [0.05, 0.1) is 23.6 Å². The van der Waals surface area contributed by atoms with Gasteiger partial charge in [-0.2, -0.15) is 4.31 Å². The number of hydrogen-bond acceptors (Lipinski definition) is 5. The zero-order valence-electron chi connectivity index (χ0n) is 18.2. The number of nitrogens with zero attached hydrogens (tertiary/aromatic N) is 2. The van der Waals surface area contributed by atoms with Crippen LogP contribution in [0.4, 0.5) is 11.4 Å². The van der Waals surface area contributed by atoms with Crippen molar-refractivity contribution in [2.24, 2.45) is 5.92 Å². The Morgan fingerprint density at radius 3 is 2.44 bits per heavy atom. The van der Waals surface area contributed by atoms with Gasteiger partial charge in [0, 0.05) is 36.8 Å². The summed E-state index contributed by atoms with van der Waals surface area (Å²) in [5.74, 6) is -0.621. The normalized spacial score (nSPS) is 16.5. The number of benzene rings is 2. The molecule has 1 heterocycles. The molecule has 2 aromatic rings. The average Bonchev–Trinajstić information content (AvgIpc) is 3.16. The van der Waals surface area contributed by atoms with Gasteiger partial charge in [0.1, 0.15) is 5.75 Å². The van der Waals surface area contributed by atoms with Gasteiger partial charge >= 0.3 is 0 Å². The van der Waals surface area contributed by atoms with E-state index in [4.69, 9.17) is 16.3 Å². The summed E-state index contributed by atoms with van der Waals surface area (Å²) in [6.07, 6.45) is 0.0498. The average molecular weight is 480 g/mol. The molecule has 3 rings (SSSR count). The third kappa shape index (κ3) is 4.90. The van der Waals surface area contributed by atoms with Gasteiger partial charge in [-0.15, -0.1) is 0 Å². The van der Waals surface area contributed by atoms with E-state index in [0.717, 1.165) is 0 Å². The van der Waals surface area contributed by atoms with Crippen molar-refractivity contribution in [3.63, 3.8) is 0 Å². The van der Waals surface area contributed by atoms with Crippen LogP contribution in [0, 0.1) is 5.92 Å². The largest absolute Gasteiger partial charge is 0.495 e. The fourth-order valence-electron chi connectivity index (χ4n) is 3.66. The summed E-state index contributed by atoms with van der Waals surface area (Å²) in [6.45, 7) is 4.50. The number of nitrogens with one attached hydrogen (secondary N) is 1. The van der Waals surface area contributed by atoms with Crippen molar-refractivity contribution in [1.29, 1.82) is 0 Å². The minimum absolute atomic E-state index is 0.0498. The summed E-state index contributed by atoms with van der Waals surface area (Å²) in [5, 5.41) is 3.23. The summed E-state index contributed by atoms with van der Waals surface area (Å²) in [7, 11) is -2.09. The predicted octanol–water partition coefficient (Wildman–Crippen LogP) is 3.37. The smallest absolute Gasteiger partial charge is 0.243 e. The van der Waals surface area contributed by atoms with Crippen LogP contribution in [0.2, 0.25) is 5.02 Å². The molecule has 0 radical (unpaired) electrons. The van der Waals surface area contributed by atoms with E-state index in [0.29, 0.717) is 35.2 Å². The Morgan fingerprint density at radius 1 is 1.19 bits per heavy atom. The van der Waals surface area contributed by atoms with Crippen LogP contribution in [-0.4, -0.2) is 51.3 Å². The quantitative estimate of drug-likeness (QED) is 0.626. The number of halogens is 1. The molecule has 0 bridgehead atoms. The van der Waals surface area contributed by atoms with Crippen LogP contribution in [0.3, 0.4) is 0 Å². The minimum Gasteiger partial charge on any atom is -0.495 e. The molecule has 0 aromatic heterocycles. The van der Waals surface area contributed by atoms with Gasteiger partial charge in [-0.05, 0) is 42.5 Å². The molecule has 1 fully saturated rings. The third-order valence-electron chi connectivity index (χ3n) is 5.41. The monoisotopic (exact) mass is 479 g/mol. The van der Waals surface area contributed by atoms with Crippen molar-refractivity contribution in [1.82, 2.24) is 4.31 Å². The highest BCUT2D eigenvalue weighted by molar-refractivity contribution is 7.89. The molecule has 32 heavy (non-hydrogen) atoms. The molecule has 172 valence electrons. The summed E-state index contributed by atoms with van der Waals surface area (Å²) < 4.78 is 31.9. The molecule has 2 amide bonds. The van der Waals surface area contributed by atoms with Gasteiger partial charge in [-0.3, -0.25) is 9.59 Å². The van der Waals surface area contributed by atoms with Gasteiger partial charge in [0.2, 0.25) is 21.8 Å². The molecule has 2 aromatic carbocycles. The van der Waals surface area contributed by atoms with Crippen LogP contribution in [0.15, 0.2) is 47.4 Å². The molecule has 1 N–H and O–H groups in total. The highest BCUT2D eigenvalue weighted by Crippen LogP contribution is 2.31. The number of methoxy groups -OCH3 is 1. The first kappa shape index (κ1) is 24.0. The van der Waals surface area contributed by atoms with Crippen LogP contribution >= 0.6 is 11.6 Å².